The van der Waals surface area contributed by atoms with Crippen molar-refractivity contribution in [1.29, 1.82) is 5.26 Å². The number of hydrogen-bond acceptors (Lipinski definition) is 1. The fraction of sp³-hybridized carbons (Fsp3) is 0.800. The maximum absolute atomic E-state index is 6.50. The summed E-state index contributed by atoms with van der Waals surface area (Å²) < 4.78 is 0. The SMILES string of the molecule is C#N.CC.CC. The molecule has 0 atom stereocenters. The van der Waals surface area contributed by atoms with Gasteiger partial charge in [0.25, 0.3) is 0 Å². The molecule has 1 heteroatoms. The van der Waals surface area contributed by atoms with Crippen molar-refractivity contribution in [2.24, 2.45) is 0 Å². The summed E-state index contributed by atoms with van der Waals surface area (Å²) in [7, 11) is 0. The standard InChI is InChI=1S/2C2H6.CHN/c3*1-2/h2*1-2H3;1H. The van der Waals surface area contributed by atoms with Crippen LogP contribution in [0, 0.1) is 11.8 Å². The van der Waals surface area contributed by atoms with Crippen molar-refractivity contribution in [3.8, 4) is 6.57 Å². The van der Waals surface area contributed by atoms with Gasteiger partial charge in [-0.05, 0) is 0 Å². The number of hydrogen-bond donors (Lipinski definition) is 0. The minimum absolute atomic E-state index is 2.00. The van der Waals surface area contributed by atoms with Crippen LogP contribution in [-0.2, 0) is 0 Å². The van der Waals surface area contributed by atoms with Gasteiger partial charge < -0.3 is 0 Å². The fourth-order valence-electron chi connectivity index (χ4n) is 0. The van der Waals surface area contributed by atoms with Crippen molar-refractivity contribution in [1.82, 2.24) is 0 Å². The van der Waals surface area contributed by atoms with Gasteiger partial charge in [0.15, 0.2) is 0 Å². The number of rotatable bonds is 0. The lowest BCUT2D eigenvalue weighted by Crippen LogP contribution is -0.856. The third-order valence-electron chi connectivity index (χ3n) is 0. The molecule has 0 fully saturated rings. The van der Waals surface area contributed by atoms with E-state index in [2.05, 4.69) is 6.57 Å². The summed E-state index contributed by atoms with van der Waals surface area (Å²) in [6, 6.07) is 0. The average molecular weight is 87.2 g/mol. The van der Waals surface area contributed by atoms with Crippen LogP contribution in [0.2, 0.25) is 0 Å². The average Bonchev–Trinajstić information content (AvgIpc) is 1.81. The predicted molar refractivity (Wildman–Crippen MR) is 29.4 cm³/mol. The van der Waals surface area contributed by atoms with Gasteiger partial charge in [-0.15, -0.1) is 0 Å². The van der Waals surface area contributed by atoms with E-state index in [1.165, 1.54) is 0 Å². The molecule has 0 unspecified atom stereocenters. The zero-order valence-corrected chi connectivity index (χ0v) is 5.02. The first-order chi connectivity index (χ1) is 3.00. The van der Waals surface area contributed by atoms with E-state index in [4.69, 9.17) is 5.26 Å². The Morgan fingerprint density at radius 2 is 0.833 bits per heavy atom. The molecule has 0 amide bonds. The zero-order valence-electron chi connectivity index (χ0n) is 5.02. The highest BCUT2D eigenvalue weighted by Crippen LogP contribution is 1.15. The molecule has 0 aliphatic rings. The van der Waals surface area contributed by atoms with E-state index >= 15 is 0 Å². The van der Waals surface area contributed by atoms with Crippen LogP contribution in [-0.4, -0.2) is 0 Å². The van der Waals surface area contributed by atoms with Crippen molar-refractivity contribution in [3.05, 3.63) is 0 Å². The van der Waals surface area contributed by atoms with Crippen LogP contribution in [0.4, 0.5) is 0 Å². The topological polar surface area (TPSA) is 23.8 Å². The second-order valence-electron chi connectivity index (χ2n) is 0. The van der Waals surface area contributed by atoms with E-state index in [0.717, 1.165) is 0 Å². The van der Waals surface area contributed by atoms with Gasteiger partial charge in [-0.2, -0.15) is 0 Å². The highest BCUT2D eigenvalue weighted by molar-refractivity contribution is 4.03. The van der Waals surface area contributed by atoms with Crippen LogP contribution in [0.1, 0.15) is 27.7 Å². The molecule has 1 nitrogen and oxygen atoms in total. The summed E-state index contributed by atoms with van der Waals surface area (Å²) in [5.74, 6) is 0. The van der Waals surface area contributed by atoms with Crippen LogP contribution < -0.4 is 0 Å². The van der Waals surface area contributed by atoms with E-state index in [-0.39, 0.29) is 0 Å². The molecule has 0 saturated heterocycles. The minimum Gasteiger partial charge on any atom is -0.202 e. The molecule has 0 aromatic rings. The van der Waals surface area contributed by atoms with Crippen LogP contribution in [0.3, 0.4) is 0 Å². The smallest absolute Gasteiger partial charge is 0.0462 e. The van der Waals surface area contributed by atoms with E-state index < -0.39 is 0 Å². The van der Waals surface area contributed by atoms with Crippen molar-refractivity contribution >= 4 is 0 Å². The molecule has 0 aromatic carbocycles. The summed E-state index contributed by atoms with van der Waals surface area (Å²) in [5.41, 5.74) is 0. The molecule has 0 spiro atoms. The lowest BCUT2D eigenvalue weighted by atomic mass is 11.0. The summed E-state index contributed by atoms with van der Waals surface area (Å²) in [6.45, 7) is 11.5. The van der Waals surface area contributed by atoms with Crippen molar-refractivity contribution in [2.75, 3.05) is 0 Å². The quantitative estimate of drug-likeness (QED) is 0.444. The molecule has 0 heterocycles. The Balaban J connectivity index is -0.0000000225. The first kappa shape index (κ1) is 17.9. The molecule has 0 rings (SSSR count). The van der Waals surface area contributed by atoms with E-state index in [9.17, 15) is 0 Å². The lowest BCUT2D eigenvalue weighted by Gasteiger charge is -1.07. The molecule has 0 aromatic heterocycles. The molecule has 0 radical (unpaired) electrons. The predicted octanol–water partition coefficient (Wildman–Crippen LogP) is 2.19. The van der Waals surface area contributed by atoms with Gasteiger partial charge in [-0.1, -0.05) is 27.7 Å². The molecule has 38 valence electrons. The second-order valence-corrected chi connectivity index (χ2v) is 0. The minimum atomic E-state index is 2.00. The molecule has 0 aliphatic carbocycles. The molecule has 0 bridgehead atoms. The van der Waals surface area contributed by atoms with Gasteiger partial charge >= 0.3 is 0 Å². The first-order valence-electron chi connectivity index (χ1n) is 2.26. The number of nitriles is 1. The van der Waals surface area contributed by atoms with Gasteiger partial charge in [0.2, 0.25) is 0 Å². The molecule has 0 N–H and O–H groups in total. The van der Waals surface area contributed by atoms with Crippen molar-refractivity contribution in [2.45, 2.75) is 27.7 Å². The van der Waals surface area contributed by atoms with Crippen molar-refractivity contribution in [3.63, 3.8) is 0 Å². The van der Waals surface area contributed by atoms with Crippen LogP contribution in [0.5, 0.6) is 0 Å². The first-order valence-corrected chi connectivity index (χ1v) is 2.26. The Labute approximate surface area is 40.6 Å². The summed E-state index contributed by atoms with van der Waals surface area (Å²) >= 11 is 0. The van der Waals surface area contributed by atoms with E-state index in [1.807, 2.05) is 27.7 Å². The number of nitrogens with zero attached hydrogens (tertiary/aromatic N) is 1. The molecular weight excluding hydrogens is 74.1 g/mol. The van der Waals surface area contributed by atoms with Crippen LogP contribution in [0.25, 0.3) is 0 Å². The largest absolute Gasteiger partial charge is 0.202 e. The molecular formula is C5H13N. The Kier molecular flexibility index (Phi) is 626. The third-order valence-corrected chi connectivity index (χ3v) is 0. The zero-order chi connectivity index (χ0) is 6.00. The molecule has 0 saturated carbocycles. The van der Waals surface area contributed by atoms with Gasteiger partial charge in [0.05, 0.1) is 0 Å². The fourth-order valence-corrected chi connectivity index (χ4v) is 0. The second kappa shape index (κ2) is 210. The summed E-state index contributed by atoms with van der Waals surface area (Å²) in [5, 5.41) is 6.50. The van der Waals surface area contributed by atoms with E-state index in [0.29, 0.717) is 0 Å². The molecule has 6 heavy (non-hydrogen) atoms. The van der Waals surface area contributed by atoms with Crippen molar-refractivity contribution < 1.29 is 0 Å². The van der Waals surface area contributed by atoms with Gasteiger partial charge in [0.1, 0.15) is 0 Å². The van der Waals surface area contributed by atoms with Gasteiger partial charge in [-0.25, -0.2) is 5.26 Å². The highest BCUT2D eigenvalue weighted by Gasteiger charge is 0.934. The normalized spacial score (nSPS) is 2.33. The van der Waals surface area contributed by atoms with Gasteiger partial charge in [-0.3, -0.25) is 0 Å². The Bertz CT molecular complexity index is 8.66. The van der Waals surface area contributed by atoms with Crippen LogP contribution in [0.15, 0.2) is 0 Å². The Morgan fingerprint density at radius 3 is 0.833 bits per heavy atom. The third kappa shape index (κ3) is 83.2. The Hall–Kier alpha value is -0.510. The summed E-state index contributed by atoms with van der Waals surface area (Å²) in [6.07, 6.45) is 0. The monoisotopic (exact) mass is 87.1 g/mol. The Morgan fingerprint density at radius 1 is 0.833 bits per heavy atom. The maximum atomic E-state index is 6.50. The van der Waals surface area contributed by atoms with Gasteiger partial charge in [0, 0.05) is 6.57 Å². The van der Waals surface area contributed by atoms with Crippen LogP contribution >= 0.6 is 0 Å². The summed E-state index contributed by atoms with van der Waals surface area (Å²) in [4.78, 5) is 0. The lowest BCUT2D eigenvalue weighted by molar-refractivity contribution is 1.50. The molecule has 0 aliphatic heterocycles. The highest BCUT2D eigenvalue weighted by atomic mass is 14.2. The maximum Gasteiger partial charge on any atom is 0.0462 e. The van der Waals surface area contributed by atoms with E-state index in [1.54, 1.807) is 0 Å².